The maximum Gasteiger partial charge on any atom is 0.305 e. The Bertz CT molecular complexity index is 508. The van der Waals surface area contributed by atoms with E-state index in [1.807, 2.05) is 25.1 Å². The molecule has 0 atom stereocenters. The van der Waals surface area contributed by atoms with Crippen LogP contribution in [-0.2, 0) is 9.53 Å². The molecule has 122 valence electrons. The van der Waals surface area contributed by atoms with Crippen LogP contribution in [0.2, 0.25) is 0 Å². The van der Waals surface area contributed by atoms with Gasteiger partial charge in [0.25, 0.3) is 5.91 Å². The molecule has 0 aliphatic rings. The predicted molar refractivity (Wildman–Crippen MR) is 98.9 cm³/mol. The van der Waals surface area contributed by atoms with E-state index in [0.717, 1.165) is 33.7 Å². The number of halogens is 2. The number of hydrogen-bond donors (Lipinski definition) is 1. The highest BCUT2D eigenvalue weighted by atomic mass is 127. The van der Waals surface area contributed by atoms with Crippen LogP contribution >= 0.6 is 38.5 Å². The maximum atomic E-state index is 12.1. The van der Waals surface area contributed by atoms with Gasteiger partial charge in [0.2, 0.25) is 0 Å². The van der Waals surface area contributed by atoms with Gasteiger partial charge in [-0.15, -0.1) is 0 Å². The minimum atomic E-state index is -0.125. The largest absolute Gasteiger partial charge is 0.466 e. The van der Waals surface area contributed by atoms with E-state index in [-0.39, 0.29) is 11.9 Å². The third kappa shape index (κ3) is 7.58. The molecule has 0 radical (unpaired) electrons. The standard InChI is InChI=1S/C16H21BrINO3/c1-2-22-15(20)7-5-3-4-6-10-19-16(21)13-11-12(17)8-9-14(13)18/h8-9,11H,2-7,10H2,1H3,(H,19,21). The lowest BCUT2D eigenvalue weighted by Gasteiger charge is -2.07. The fraction of sp³-hybridized carbons (Fsp3) is 0.500. The number of hydrogen-bond acceptors (Lipinski definition) is 3. The van der Waals surface area contributed by atoms with Gasteiger partial charge >= 0.3 is 5.97 Å². The molecule has 0 saturated carbocycles. The molecule has 0 saturated heterocycles. The van der Waals surface area contributed by atoms with Crippen molar-refractivity contribution in [3.8, 4) is 0 Å². The zero-order valence-electron chi connectivity index (χ0n) is 12.7. The molecule has 0 unspecified atom stereocenters. The Morgan fingerprint density at radius 3 is 2.68 bits per heavy atom. The van der Waals surface area contributed by atoms with Gasteiger partial charge in [-0.25, -0.2) is 0 Å². The SMILES string of the molecule is CCOC(=O)CCCCCCNC(=O)c1cc(Br)ccc1I. The first kappa shape index (κ1) is 19.4. The summed E-state index contributed by atoms with van der Waals surface area (Å²) in [5.41, 5.74) is 0.692. The summed E-state index contributed by atoms with van der Waals surface area (Å²) in [6, 6.07) is 5.66. The van der Waals surface area contributed by atoms with Gasteiger partial charge in [0.05, 0.1) is 12.2 Å². The van der Waals surface area contributed by atoms with E-state index >= 15 is 0 Å². The topological polar surface area (TPSA) is 55.4 Å². The van der Waals surface area contributed by atoms with Crippen molar-refractivity contribution in [1.29, 1.82) is 0 Å². The molecule has 0 aliphatic carbocycles. The van der Waals surface area contributed by atoms with E-state index in [2.05, 4.69) is 43.8 Å². The van der Waals surface area contributed by atoms with Crippen molar-refractivity contribution in [3.63, 3.8) is 0 Å². The number of esters is 1. The van der Waals surface area contributed by atoms with Crippen LogP contribution in [0, 0.1) is 3.57 Å². The molecular formula is C16H21BrINO3. The van der Waals surface area contributed by atoms with Gasteiger partial charge in [-0.1, -0.05) is 28.8 Å². The van der Waals surface area contributed by atoms with Gasteiger partial charge in [0.1, 0.15) is 0 Å². The van der Waals surface area contributed by atoms with Gasteiger partial charge < -0.3 is 10.1 Å². The molecular weight excluding hydrogens is 461 g/mol. The van der Waals surface area contributed by atoms with Crippen molar-refractivity contribution >= 4 is 50.4 Å². The van der Waals surface area contributed by atoms with E-state index in [1.54, 1.807) is 0 Å². The predicted octanol–water partition coefficient (Wildman–Crippen LogP) is 4.30. The minimum Gasteiger partial charge on any atom is -0.466 e. The van der Waals surface area contributed by atoms with Crippen LogP contribution in [0.3, 0.4) is 0 Å². The molecule has 22 heavy (non-hydrogen) atoms. The summed E-state index contributed by atoms with van der Waals surface area (Å²) in [7, 11) is 0. The Kier molecular flexibility index (Phi) is 9.70. The number of ether oxygens (including phenoxy) is 1. The second-order valence-electron chi connectivity index (χ2n) is 4.85. The van der Waals surface area contributed by atoms with Gasteiger partial charge in [-0.2, -0.15) is 0 Å². The molecule has 0 heterocycles. The number of unbranched alkanes of at least 4 members (excludes halogenated alkanes) is 3. The van der Waals surface area contributed by atoms with E-state index in [9.17, 15) is 9.59 Å². The fourth-order valence-corrected chi connectivity index (χ4v) is 2.89. The highest BCUT2D eigenvalue weighted by Crippen LogP contribution is 2.18. The summed E-state index contributed by atoms with van der Waals surface area (Å²) in [4.78, 5) is 23.2. The van der Waals surface area contributed by atoms with Crippen LogP contribution in [0.15, 0.2) is 22.7 Å². The third-order valence-electron chi connectivity index (χ3n) is 3.07. The molecule has 0 aliphatic heterocycles. The van der Waals surface area contributed by atoms with E-state index < -0.39 is 0 Å². The molecule has 0 aromatic heterocycles. The first-order valence-electron chi connectivity index (χ1n) is 7.43. The van der Waals surface area contributed by atoms with Gasteiger partial charge in [0, 0.05) is 21.0 Å². The average molecular weight is 482 g/mol. The molecule has 1 aromatic carbocycles. The monoisotopic (exact) mass is 481 g/mol. The molecule has 1 N–H and O–H groups in total. The number of benzene rings is 1. The number of rotatable bonds is 9. The summed E-state index contributed by atoms with van der Waals surface area (Å²) < 4.78 is 6.71. The summed E-state index contributed by atoms with van der Waals surface area (Å²) in [5, 5.41) is 2.93. The Labute approximate surface area is 153 Å². The van der Waals surface area contributed by atoms with E-state index in [0.29, 0.717) is 25.1 Å². The molecule has 0 spiro atoms. The zero-order valence-corrected chi connectivity index (χ0v) is 16.4. The summed E-state index contributed by atoms with van der Waals surface area (Å²) in [5.74, 6) is -0.169. The molecule has 0 fully saturated rings. The normalized spacial score (nSPS) is 10.3. The lowest BCUT2D eigenvalue weighted by atomic mass is 10.1. The first-order valence-corrected chi connectivity index (χ1v) is 9.30. The first-order chi connectivity index (χ1) is 10.5. The van der Waals surface area contributed by atoms with Crippen LogP contribution < -0.4 is 5.32 Å². The van der Waals surface area contributed by atoms with Gasteiger partial charge in [0.15, 0.2) is 0 Å². The maximum absolute atomic E-state index is 12.1. The minimum absolute atomic E-state index is 0.0442. The van der Waals surface area contributed by atoms with Crippen molar-refractivity contribution < 1.29 is 14.3 Å². The van der Waals surface area contributed by atoms with Crippen LogP contribution in [0.25, 0.3) is 0 Å². The number of nitrogens with one attached hydrogen (secondary N) is 1. The smallest absolute Gasteiger partial charge is 0.305 e. The number of carbonyl (C=O) groups excluding carboxylic acids is 2. The van der Waals surface area contributed by atoms with Crippen molar-refractivity contribution in [3.05, 3.63) is 31.8 Å². The van der Waals surface area contributed by atoms with Gasteiger partial charge in [-0.3, -0.25) is 9.59 Å². The molecule has 1 amide bonds. The van der Waals surface area contributed by atoms with Crippen molar-refractivity contribution in [2.75, 3.05) is 13.2 Å². The second kappa shape index (κ2) is 11.0. The van der Waals surface area contributed by atoms with Crippen LogP contribution in [0.5, 0.6) is 0 Å². The van der Waals surface area contributed by atoms with Crippen LogP contribution in [0.1, 0.15) is 49.4 Å². The summed E-state index contributed by atoms with van der Waals surface area (Å²) in [6.07, 6.45) is 4.21. The lowest BCUT2D eigenvalue weighted by Crippen LogP contribution is -2.25. The van der Waals surface area contributed by atoms with Crippen molar-refractivity contribution in [2.45, 2.75) is 39.0 Å². The molecule has 1 aromatic rings. The van der Waals surface area contributed by atoms with Crippen molar-refractivity contribution in [1.82, 2.24) is 5.32 Å². The molecule has 4 nitrogen and oxygen atoms in total. The molecule has 0 bridgehead atoms. The second-order valence-corrected chi connectivity index (χ2v) is 6.93. The summed E-state index contributed by atoms with van der Waals surface area (Å²) >= 11 is 5.54. The highest BCUT2D eigenvalue weighted by molar-refractivity contribution is 14.1. The Morgan fingerprint density at radius 1 is 1.23 bits per heavy atom. The fourth-order valence-electron chi connectivity index (χ4n) is 1.95. The van der Waals surface area contributed by atoms with E-state index in [1.165, 1.54) is 0 Å². The van der Waals surface area contributed by atoms with E-state index in [4.69, 9.17) is 4.74 Å². The Morgan fingerprint density at radius 2 is 1.95 bits per heavy atom. The summed E-state index contributed by atoms with van der Waals surface area (Å²) in [6.45, 7) is 2.91. The Hall–Kier alpha value is -0.630. The van der Waals surface area contributed by atoms with Gasteiger partial charge in [-0.05, 0) is 60.6 Å². The number of carbonyl (C=O) groups is 2. The average Bonchev–Trinajstić information content (AvgIpc) is 2.48. The van der Waals surface area contributed by atoms with Crippen LogP contribution in [0.4, 0.5) is 0 Å². The van der Waals surface area contributed by atoms with Crippen LogP contribution in [-0.4, -0.2) is 25.0 Å². The molecule has 6 heteroatoms. The highest BCUT2D eigenvalue weighted by Gasteiger charge is 2.09. The number of amides is 1. The zero-order chi connectivity index (χ0) is 16.4. The Balaban J connectivity index is 2.15. The lowest BCUT2D eigenvalue weighted by molar-refractivity contribution is -0.143. The molecule has 1 rings (SSSR count). The van der Waals surface area contributed by atoms with Crippen molar-refractivity contribution in [2.24, 2.45) is 0 Å². The third-order valence-corrected chi connectivity index (χ3v) is 4.51. The quantitative estimate of drug-likeness (QED) is 0.325.